The van der Waals surface area contributed by atoms with E-state index in [-0.39, 0.29) is 22.3 Å². The number of rotatable bonds is 5. The molecule has 1 fully saturated rings. The maximum Gasteiger partial charge on any atom is 0.252 e. The molecule has 2 aromatic rings. The summed E-state index contributed by atoms with van der Waals surface area (Å²) in [6.45, 7) is 11.6. The fourth-order valence-electron chi connectivity index (χ4n) is 3.57. The second-order valence-corrected chi connectivity index (χ2v) is 11.0. The van der Waals surface area contributed by atoms with E-state index in [0.717, 1.165) is 11.1 Å². The minimum absolute atomic E-state index is 0.0640. The Morgan fingerprint density at radius 3 is 2.26 bits per heavy atom. The number of nitrogens with one attached hydrogen (secondary N) is 1. The van der Waals surface area contributed by atoms with E-state index in [1.165, 1.54) is 15.9 Å². The number of benzene rings is 2. The third-order valence-corrected chi connectivity index (χ3v) is 7.58. The van der Waals surface area contributed by atoms with Gasteiger partial charge in [-0.05, 0) is 48.1 Å². The van der Waals surface area contributed by atoms with Crippen molar-refractivity contribution in [3.63, 3.8) is 0 Å². The zero-order chi connectivity index (χ0) is 22.8. The number of nitrogens with zero attached hydrogens (tertiary/aromatic N) is 1. The van der Waals surface area contributed by atoms with Gasteiger partial charge in [0.2, 0.25) is 10.0 Å². The van der Waals surface area contributed by atoms with Crippen LogP contribution in [0.4, 0.5) is 0 Å². The molecule has 1 atom stereocenters. The molecule has 0 aliphatic carbocycles. The van der Waals surface area contributed by atoms with Crippen LogP contribution >= 0.6 is 0 Å². The van der Waals surface area contributed by atoms with E-state index >= 15 is 0 Å². The van der Waals surface area contributed by atoms with Crippen molar-refractivity contribution in [2.45, 2.75) is 51.0 Å². The second kappa shape index (κ2) is 9.10. The Balaban J connectivity index is 1.79. The Morgan fingerprint density at radius 1 is 1.06 bits per heavy atom. The zero-order valence-electron chi connectivity index (χ0n) is 18.9. The molecule has 0 saturated carbocycles. The lowest BCUT2D eigenvalue weighted by Gasteiger charge is -2.26. The van der Waals surface area contributed by atoms with Gasteiger partial charge in [-0.25, -0.2) is 8.42 Å². The quantitative estimate of drug-likeness (QED) is 0.761. The summed E-state index contributed by atoms with van der Waals surface area (Å²) in [5, 5.41) is 3.00. The van der Waals surface area contributed by atoms with Crippen molar-refractivity contribution in [1.29, 1.82) is 0 Å². The van der Waals surface area contributed by atoms with Crippen LogP contribution in [0.2, 0.25) is 0 Å². The number of hydrogen-bond acceptors (Lipinski definition) is 4. The molecule has 0 unspecified atom stereocenters. The highest BCUT2D eigenvalue weighted by atomic mass is 32.2. The number of morpholine rings is 1. The summed E-state index contributed by atoms with van der Waals surface area (Å²) in [7, 11) is -3.66. The third kappa shape index (κ3) is 5.34. The molecule has 7 heteroatoms. The number of carbonyl (C=O) groups is 1. The van der Waals surface area contributed by atoms with Gasteiger partial charge in [0.15, 0.2) is 0 Å². The van der Waals surface area contributed by atoms with Crippen LogP contribution < -0.4 is 5.32 Å². The molecule has 1 saturated heterocycles. The lowest BCUT2D eigenvalue weighted by Crippen LogP contribution is -2.40. The van der Waals surface area contributed by atoms with Crippen LogP contribution in [-0.4, -0.2) is 44.9 Å². The molecule has 31 heavy (non-hydrogen) atoms. The molecular formula is C24H32N2O4S. The average Bonchev–Trinajstić information content (AvgIpc) is 2.74. The molecule has 2 aromatic carbocycles. The highest BCUT2D eigenvalue weighted by molar-refractivity contribution is 7.89. The van der Waals surface area contributed by atoms with Crippen LogP contribution in [0.25, 0.3) is 0 Å². The first kappa shape index (κ1) is 23.4. The van der Waals surface area contributed by atoms with E-state index < -0.39 is 10.0 Å². The number of amides is 1. The monoisotopic (exact) mass is 444 g/mol. The van der Waals surface area contributed by atoms with Gasteiger partial charge in [0, 0.05) is 18.7 Å². The number of sulfonamides is 1. The van der Waals surface area contributed by atoms with Crippen LogP contribution in [0.5, 0.6) is 0 Å². The van der Waals surface area contributed by atoms with Crippen molar-refractivity contribution in [3.05, 3.63) is 64.7 Å². The van der Waals surface area contributed by atoms with E-state index in [0.29, 0.717) is 31.9 Å². The van der Waals surface area contributed by atoms with Gasteiger partial charge in [-0.3, -0.25) is 4.79 Å². The first-order chi connectivity index (χ1) is 14.5. The van der Waals surface area contributed by atoms with Gasteiger partial charge in [0.25, 0.3) is 5.91 Å². The molecule has 6 nitrogen and oxygen atoms in total. The highest BCUT2D eigenvalue weighted by Crippen LogP contribution is 2.25. The van der Waals surface area contributed by atoms with Crippen LogP contribution in [0.15, 0.2) is 47.4 Å². The van der Waals surface area contributed by atoms with Crippen molar-refractivity contribution >= 4 is 15.9 Å². The maximum atomic E-state index is 13.0. The average molecular weight is 445 g/mol. The van der Waals surface area contributed by atoms with Crippen molar-refractivity contribution in [3.8, 4) is 0 Å². The Bertz CT molecular complexity index is 1030. The molecule has 0 spiro atoms. The lowest BCUT2D eigenvalue weighted by atomic mass is 9.86. The number of ether oxygens (including phenoxy) is 1. The summed E-state index contributed by atoms with van der Waals surface area (Å²) in [5.74, 6) is -0.288. The normalized spacial score (nSPS) is 16.7. The topological polar surface area (TPSA) is 75.7 Å². The van der Waals surface area contributed by atoms with Crippen LogP contribution in [0, 0.1) is 6.92 Å². The summed E-state index contributed by atoms with van der Waals surface area (Å²) in [6, 6.07) is 12.7. The van der Waals surface area contributed by atoms with Crippen LogP contribution in [0.1, 0.15) is 60.8 Å². The van der Waals surface area contributed by atoms with Crippen molar-refractivity contribution in [2.75, 3.05) is 26.3 Å². The minimum atomic E-state index is -3.66. The van der Waals surface area contributed by atoms with E-state index in [9.17, 15) is 13.2 Å². The number of aryl methyl sites for hydroxylation is 1. The zero-order valence-corrected chi connectivity index (χ0v) is 19.8. The first-order valence-electron chi connectivity index (χ1n) is 10.6. The second-order valence-electron chi connectivity index (χ2n) is 9.06. The Labute approximate surface area is 185 Å². The molecule has 168 valence electrons. The predicted octanol–water partition coefficient (Wildman–Crippen LogP) is 3.80. The number of carbonyl (C=O) groups excluding carboxylic acids is 1. The van der Waals surface area contributed by atoms with Crippen molar-refractivity contribution in [1.82, 2.24) is 9.62 Å². The summed E-state index contributed by atoms with van der Waals surface area (Å²) < 4.78 is 32.6. The Morgan fingerprint density at radius 2 is 1.68 bits per heavy atom. The summed E-state index contributed by atoms with van der Waals surface area (Å²) in [6.07, 6.45) is 0. The smallest absolute Gasteiger partial charge is 0.252 e. The fraction of sp³-hybridized carbons (Fsp3) is 0.458. The summed E-state index contributed by atoms with van der Waals surface area (Å²) in [4.78, 5) is 13.1. The molecule has 3 rings (SSSR count). The maximum absolute atomic E-state index is 13.0. The van der Waals surface area contributed by atoms with Gasteiger partial charge < -0.3 is 10.1 Å². The van der Waals surface area contributed by atoms with Crippen LogP contribution in [-0.2, 0) is 20.2 Å². The SMILES string of the molecule is Cc1ccc(S(=O)(=O)N2CCOCC2)cc1C(=O)N[C@@H](C)c1ccc(C(C)(C)C)cc1. The van der Waals surface area contributed by atoms with Crippen molar-refractivity contribution < 1.29 is 17.9 Å². The predicted molar refractivity (Wildman–Crippen MR) is 122 cm³/mol. The molecule has 0 aromatic heterocycles. The molecule has 1 aliphatic rings. The Kier molecular flexibility index (Phi) is 6.88. The first-order valence-corrected chi connectivity index (χ1v) is 12.0. The van der Waals surface area contributed by atoms with Crippen LogP contribution in [0.3, 0.4) is 0 Å². The van der Waals surface area contributed by atoms with E-state index in [1.807, 2.05) is 26.0 Å². The summed E-state index contributed by atoms with van der Waals surface area (Å²) in [5.41, 5.74) is 3.39. The number of hydrogen-bond donors (Lipinski definition) is 1. The largest absolute Gasteiger partial charge is 0.379 e. The molecule has 0 bridgehead atoms. The standard InChI is InChI=1S/C24H32N2O4S/c1-17-6-11-21(31(28,29)26-12-14-30-15-13-26)16-22(17)23(27)25-18(2)19-7-9-20(10-8-19)24(3,4)5/h6-11,16,18H,12-15H2,1-5H3,(H,25,27)/t18-/m0/s1. The minimum Gasteiger partial charge on any atom is -0.379 e. The molecule has 1 aliphatic heterocycles. The van der Waals surface area contributed by atoms with Gasteiger partial charge in [0.1, 0.15) is 0 Å². The van der Waals surface area contributed by atoms with Gasteiger partial charge in [-0.1, -0.05) is 51.1 Å². The highest BCUT2D eigenvalue weighted by Gasteiger charge is 2.27. The molecule has 1 amide bonds. The van der Waals surface area contributed by atoms with Gasteiger partial charge in [-0.2, -0.15) is 4.31 Å². The third-order valence-electron chi connectivity index (χ3n) is 5.69. The molecule has 1 N–H and O–H groups in total. The molecule has 0 radical (unpaired) electrons. The molecular weight excluding hydrogens is 412 g/mol. The van der Waals surface area contributed by atoms with Gasteiger partial charge >= 0.3 is 0 Å². The summed E-state index contributed by atoms with van der Waals surface area (Å²) >= 11 is 0. The van der Waals surface area contributed by atoms with Crippen molar-refractivity contribution in [2.24, 2.45) is 0 Å². The fourth-order valence-corrected chi connectivity index (χ4v) is 5.01. The van der Waals surface area contributed by atoms with E-state index in [4.69, 9.17) is 4.74 Å². The lowest BCUT2D eigenvalue weighted by molar-refractivity contribution is 0.0730. The Hall–Kier alpha value is -2.22. The van der Waals surface area contributed by atoms with E-state index in [1.54, 1.807) is 12.1 Å². The van der Waals surface area contributed by atoms with E-state index in [2.05, 4.69) is 38.2 Å². The molecule has 1 heterocycles. The van der Waals surface area contributed by atoms with Gasteiger partial charge in [0.05, 0.1) is 24.2 Å². The van der Waals surface area contributed by atoms with Gasteiger partial charge in [-0.15, -0.1) is 0 Å².